The van der Waals surface area contributed by atoms with Crippen LogP contribution in [0.25, 0.3) is 0 Å². The first-order valence-corrected chi connectivity index (χ1v) is 20.4. The van der Waals surface area contributed by atoms with Crippen molar-refractivity contribution in [3.63, 3.8) is 0 Å². The summed E-state index contributed by atoms with van der Waals surface area (Å²) < 4.78 is 97.7. The normalized spacial score (nSPS) is 11.5. The summed E-state index contributed by atoms with van der Waals surface area (Å²) in [5.74, 6) is 2.40. The van der Waals surface area contributed by atoms with Crippen LogP contribution >= 0.6 is 0 Å². The summed E-state index contributed by atoms with van der Waals surface area (Å²) >= 11 is 0. The lowest BCUT2D eigenvalue weighted by molar-refractivity contribution is -0.0309. The van der Waals surface area contributed by atoms with E-state index in [-0.39, 0.29) is 0 Å². The highest BCUT2D eigenvalue weighted by atomic mass is 16.6. The predicted molar refractivity (Wildman–Crippen MR) is 213 cm³/mol. The van der Waals surface area contributed by atoms with Crippen molar-refractivity contribution < 1.29 is 85.3 Å². The molecule has 0 aromatic heterocycles. The van der Waals surface area contributed by atoms with Crippen LogP contribution in [0.5, 0.6) is 0 Å². The molecular formula is C39H77NO18. The first-order chi connectivity index (χ1) is 28.9. The highest BCUT2D eigenvalue weighted by molar-refractivity contribution is 4.82. The highest BCUT2D eigenvalue weighted by Gasteiger charge is 1.98. The maximum Gasteiger partial charge on any atom is 0.107 e. The van der Waals surface area contributed by atoms with Gasteiger partial charge in [0.05, 0.1) is 231 Å². The predicted octanol–water partition coefficient (Wildman–Crippen LogP) is -0.123. The van der Waals surface area contributed by atoms with Gasteiger partial charge in [0.15, 0.2) is 0 Å². The molecule has 346 valence electrons. The third kappa shape index (κ3) is 54.8. The Hall–Kier alpha value is -1.20. The van der Waals surface area contributed by atoms with Crippen molar-refractivity contribution in [3.05, 3.63) is 0 Å². The van der Waals surface area contributed by atoms with E-state index in [1.54, 1.807) is 0 Å². The van der Waals surface area contributed by atoms with Gasteiger partial charge in [0.25, 0.3) is 0 Å². The van der Waals surface area contributed by atoms with Gasteiger partial charge in [0, 0.05) is 6.54 Å². The average Bonchev–Trinajstić information content (AvgIpc) is 3.23. The van der Waals surface area contributed by atoms with E-state index in [0.29, 0.717) is 244 Å². The fourth-order valence-electron chi connectivity index (χ4n) is 3.95. The lowest BCUT2D eigenvalue weighted by Crippen LogP contribution is -2.16. The van der Waals surface area contributed by atoms with Crippen LogP contribution in [-0.4, -0.2) is 244 Å². The Bertz CT molecular complexity index is 773. The molecule has 2 N–H and O–H groups in total. The number of hydrogen-bond donors (Lipinski definition) is 1. The van der Waals surface area contributed by atoms with Crippen molar-refractivity contribution in [2.75, 3.05) is 244 Å². The van der Waals surface area contributed by atoms with Crippen LogP contribution in [0.15, 0.2) is 0 Å². The van der Waals surface area contributed by atoms with Gasteiger partial charge in [-0.25, -0.2) is 0 Å². The number of hydrogen-bond acceptors (Lipinski definition) is 19. The highest BCUT2D eigenvalue weighted by Crippen LogP contribution is 1.89. The van der Waals surface area contributed by atoms with Gasteiger partial charge in [0.2, 0.25) is 0 Å². The molecule has 0 saturated carbocycles. The Morgan fingerprint density at radius 2 is 0.328 bits per heavy atom. The second kappa shape index (κ2) is 55.8. The summed E-state index contributed by atoms with van der Waals surface area (Å²) in [5.41, 5.74) is 5.34. The van der Waals surface area contributed by atoms with E-state index >= 15 is 0 Å². The molecule has 0 spiro atoms. The minimum atomic E-state index is 0.303. The van der Waals surface area contributed by atoms with Gasteiger partial charge in [0.1, 0.15) is 6.61 Å². The zero-order chi connectivity index (χ0) is 41.6. The Balaban J connectivity index is 3.06. The molecule has 0 aliphatic carbocycles. The maximum absolute atomic E-state index is 5.50. The van der Waals surface area contributed by atoms with Crippen molar-refractivity contribution in [2.45, 2.75) is 0 Å². The maximum atomic E-state index is 5.50. The molecule has 0 rings (SSSR count). The molecule has 0 unspecified atom stereocenters. The Morgan fingerprint density at radius 3 is 0.448 bits per heavy atom. The van der Waals surface area contributed by atoms with Crippen LogP contribution in [-0.2, 0) is 85.3 Å². The molecule has 0 aliphatic rings. The second-order valence-electron chi connectivity index (χ2n) is 11.5. The molecule has 0 amide bonds. The smallest absolute Gasteiger partial charge is 0.107 e. The summed E-state index contributed by atoms with van der Waals surface area (Å²) in [4.78, 5) is 0. The SMILES string of the molecule is C#CCOCCOCCOCCOCCOCCOCCOCCOCCOCCOCCOCCOCCOCCOCCOCCOCCOCCOCCN. The first-order valence-electron chi connectivity index (χ1n) is 20.4. The molecule has 0 aromatic carbocycles. The van der Waals surface area contributed by atoms with Crippen LogP contribution in [0.2, 0.25) is 0 Å². The second-order valence-corrected chi connectivity index (χ2v) is 11.5. The Kier molecular flexibility index (Phi) is 54.6. The lowest BCUT2D eigenvalue weighted by Gasteiger charge is -2.09. The van der Waals surface area contributed by atoms with Crippen molar-refractivity contribution in [2.24, 2.45) is 5.73 Å². The molecule has 0 radical (unpaired) electrons. The Morgan fingerprint density at radius 1 is 0.207 bits per heavy atom. The molecule has 58 heavy (non-hydrogen) atoms. The van der Waals surface area contributed by atoms with E-state index in [9.17, 15) is 0 Å². The van der Waals surface area contributed by atoms with Gasteiger partial charge in [-0.1, -0.05) is 5.92 Å². The van der Waals surface area contributed by atoms with Gasteiger partial charge in [-0.2, -0.15) is 0 Å². The zero-order valence-electron chi connectivity index (χ0n) is 35.2. The van der Waals surface area contributed by atoms with Gasteiger partial charge in [-0.3, -0.25) is 0 Å². The molecule has 0 saturated heterocycles. The molecule has 19 nitrogen and oxygen atoms in total. The van der Waals surface area contributed by atoms with Crippen LogP contribution in [0.1, 0.15) is 0 Å². The molecule has 0 fully saturated rings. The minimum Gasteiger partial charge on any atom is -0.378 e. The largest absolute Gasteiger partial charge is 0.378 e. The quantitative estimate of drug-likeness (QED) is 0.0629. The van der Waals surface area contributed by atoms with E-state index < -0.39 is 0 Å². The van der Waals surface area contributed by atoms with Crippen molar-refractivity contribution in [3.8, 4) is 12.3 Å². The Labute approximate surface area is 347 Å². The molecule has 0 aliphatic heterocycles. The summed E-state index contributed by atoms with van der Waals surface area (Å²) in [6.45, 7) is 18.5. The lowest BCUT2D eigenvalue weighted by atomic mass is 10.6. The van der Waals surface area contributed by atoms with E-state index in [4.69, 9.17) is 97.4 Å². The van der Waals surface area contributed by atoms with E-state index in [2.05, 4.69) is 5.92 Å². The first kappa shape index (κ1) is 56.8. The fourth-order valence-corrected chi connectivity index (χ4v) is 3.95. The van der Waals surface area contributed by atoms with Crippen LogP contribution in [0.4, 0.5) is 0 Å². The van der Waals surface area contributed by atoms with Gasteiger partial charge in [-0.15, -0.1) is 6.42 Å². The van der Waals surface area contributed by atoms with E-state index in [0.717, 1.165) is 0 Å². The van der Waals surface area contributed by atoms with Crippen molar-refractivity contribution in [1.82, 2.24) is 0 Å². The monoisotopic (exact) mass is 848 g/mol. The van der Waals surface area contributed by atoms with Crippen LogP contribution < -0.4 is 5.73 Å². The zero-order valence-corrected chi connectivity index (χ0v) is 35.2. The molecule has 0 aromatic rings. The van der Waals surface area contributed by atoms with Crippen LogP contribution in [0.3, 0.4) is 0 Å². The van der Waals surface area contributed by atoms with Gasteiger partial charge < -0.3 is 91.0 Å². The third-order valence-electron chi connectivity index (χ3n) is 6.77. The molecule has 0 bridgehead atoms. The summed E-state index contributed by atoms with van der Waals surface area (Å²) in [6.07, 6.45) is 5.09. The number of nitrogens with two attached hydrogens (primary N) is 1. The van der Waals surface area contributed by atoms with Crippen molar-refractivity contribution in [1.29, 1.82) is 0 Å². The standard InChI is InChI=1S/C39H77NO18/c1-2-4-41-6-8-43-10-12-45-14-16-47-18-20-49-22-24-51-26-28-53-30-32-55-34-36-57-38-39-58-37-35-56-33-31-54-29-27-52-25-23-50-21-19-48-17-15-46-13-11-44-9-7-42-5-3-40/h1H,3-40H2. The molecular weight excluding hydrogens is 770 g/mol. The number of ether oxygens (including phenoxy) is 18. The van der Waals surface area contributed by atoms with Crippen LogP contribution in [0, 0.1) is 12.3 Å². The number of rotatable bonds is 54. The van der Waals surface area contributed by atoms with Gasteiger partial charge >= 0.3 is 0 Å². The summed E-state index contributed by atoms with van der Waals surface area (Å²) in [7, 11) is 0. The molecule has 0 heterocycles. The van der Waals surface area contributed by atoms with Crippen molar-refractivity contribution >= 4 is 0 Å². The summed E-state index contributed by atoms with van der Waals surface area (Å²) in [6, 6.07) is 0. The van der Waals surface area contributed by atoms with E-state index in [1.165, 1.54) is 0 Å². The van der Waals surface area contributed by atoms with Gasteiger partial charge in [-0.05, 0) is 0 Å². The molecule has 0 atom stereocenters. The topological polar surface area (TPSA) is 192 Å². The number of terminal acetylenes is 1. The minimum absolute atomic E-state index is 0.303. The molecule has 19 heteroatoms. The average molecular weight is 848 g/mol. The van der Waals surface area contributed by atoms with E-state index in [1.807, 2.05) is 0 Å². The third-order valence-corrected chi connectivity index (χ3v) is 6.77. The summed E-state index contributed by atoms with van der Waals surface area (Å²) in [5, 5.41) is 0. The fraction of sp³-hybridized carbons (Fsp3) is 0.949.